The standard InChI is InChI=1S/C18H13BrClN5O4/c19-15-10-24(9-11-1-3-13(20)4-2-11)23-17(15)18(27)22-21-8-12-7-14(25(28)29)5-6-16(12)26/h1-8,10,26H,9H2,(H,22,27)/b21-8-. The molecule has 148 valence electrons. The zero-order valence-electron chi connectivity index (χ0n) is 14.6. The van der Waals surface area contributed by atoms with Crippen LogP contribution in [-0.4, -0.2) is 31.9 Å². The van der Waals surface area contributed by atoms with Gasteiger partial charge in [0.25, 0.3) is 11.6 Å². The number of aromatic nitrogens is 2. The first-order chi connectivity index (χ1) is 13.8. The van der Waals surface area contributed by atoms with Crippen molar-refractivity contribution in [2.24, 2.45) is 5.10 Å². The van der Waals surface area contributed by atoms with E-state index >= 15 is 0 Å². The normalized spacial score (nSPS) is 11.0. The first-order valence-electron chi connectivity index (χ1n) is 8.11. The number of amides is 1. The summed E-state index contributed by atoms with van der Waals surface area (Å²) in [4.78, 5) is 22.5. The van der Waals surface area contributed by atoms with Gasteiger partial charge in [0, 0.05) is 28.9 Å². The van der Waals surface area contributed by atoms with Gasteiger partial charge in [-0.1, -0.05) is 23.7 Å². The van der Waals surface area contributed by atoms with Crippen LogP contribution in [0.15, 0.2) is 58.2 Å². The molecule has 9 nitrogen and oxygen atoms in total. The maximum Gasteiger partial charge on any atom is 0.293 e. The predicted octanol–water partition coefficient (Wildman–Crippen LogP) is 3.73. The summed E-state index contributed by atoms with van der Waals surface area (Å²) in [5.74, 6) is -0.796. The van der Waals surface area contributed by atoms with Crippen molar-refractivity contribution < 1.29 is 14.8 Å². The summed E-state index contributed by atoms with van der Waals surface area (Å²) in [6.45, 7) is 0.438. The lowest BCUT2D eigenvalue weighted by Gasteiger charge is -2.02. The molecule has 0 aliphatic carbocycles. The van der Waals surface area contributed by atoms with Gasteiger partial charge >= 0.3 is 0 Å². The number of nitro benzene ring substituents is 1. The number of nitrogens with zero attached hydrogens (tertiary/aromatic N) is 4. The van der Waals surface area contributed by atoms with Gasteiger partial charge in [-0.15, -0.1) is 0 Å². The number of phenols is 1. The number of aromatic hydroxyl groups is 1. The van der Waals surface area contributed by atoms with Crippen LogP contribution in [-0.2, 0) is 6.54 Å². The van der Waals surface area contributed by atoms with E-state index in [1.54, 1.807) is 23.0 Å². The Balaban J connectivity index is 1.69. The van der Waals surface area contributed by atoms with Crippen LogP contribution < -0.4 is 5.43 Å². The minimum atomic E-state index is -0.597. The van der Waals surface area contributed by atoms with Crippen LogP contribution in [0.1, 0.15) is 21.6 Å². The molecule has 0 saturated heterocycles. The zero-order valence-corrected chi connectivity index (χ0v) is 17.0. The second kappa shape index (κ2) is 8.84. The van der Waals surface area contributed by atoms with Crippen LogP contribution >= 0.6 is 27.5 Å². The number of hydrogen-bond donors (Lipinski definition) is 2. The Labute approximate surface area is 177 Å². The van der Waals surface area contributed by atoms with E-state index in [1.807, 2.05) is 12.1 Å². The first kappa shape index (κ1) is 20.5. The molecule has 3 rings (SSSR count). The lowest BCUT2D eigenvalue weighted by atomic mass is 10.2. The second-order valence-corrected chi connectivity index (χ2v) is 7.14. The van der Waals surface area contributed by atoms with Crippen molar-refractivity contribution in [3.05, 3.63) is 85.1 Å². The van der Waals surface area contributed by atoms with Gasteiger partial charge < -0.3 is 5.11 Å². The molecule has 0 aliphatic heterocycles. The molecule has 1 heterocycles. The molecule has 29 heavy (non-hydrogen) atoms. The Morgan fingerprint density at radius 1 is 1.34 bits per heavy atom. The van der Waals surface area contributed by atoms with E-state index < -0.39 is 10.8 Å². The molecule has 1 aromatic heterocycles. The van der Waals surface area contributed by atoms with E-state index in [-0.39, 0.29) is 22.7 Å². The van der Waals surface area contributed by atoms with Crippen molar-refractivity contribution in [1.82, 2.24) is 15.2 Å². The molecule has 0 aliphatic rings. The molecule has 11 heteroatoms. The molecule has 1 amide bonds. The van der Waals surface area contributed by atoms with E-state index in [0.717, 1.165) is 23.9 Å². The minimum Gasteiger partial charge on any atom is -0.507 e. The molecule has 2 N–H and O–H groups in total. The highest BCUT2D eigenvalue weighted by Gasteiger charge is 2.15. The van der Waals surface area contributed by atoms with E-state index in [0.29, 0.717) is 16.0 Å². The van der Waals surface area contributed by atoms with Gasteiger partial charge in [0.05, 0.1) is 22.2 Å². The monoisotopic (exact) mass is 477 g/mol. The molecule has 0 fully saturated rings. The minimum absolute atomic E-state index is 0.0897. The highest BCUT2D eigenvalue weighted by Crippen LogP contribution is 2.21. The number of non-ortho nitro benzene ring substituents is 1. The van der Waals surface area contributed by atoms with Crippen LogP contribution in [0.2, 0.25) is 5.02 Å². The first-order valence-corrected chi connectivity index (χ1v) is 9.29. The van der Waals surface area contributed by atoms with E-state index in [2.05, 4.69) is 31.6 Å². The Morgan fingerprint density at radius 3 is 2.76 bits per heavy atom. The average Bonchev–Trinajstić information content (AvgIpc) is 3.05. The zero-order chi connectivity index (χ0) is 21.0. The molecule has 2 aromatic carbocycles. The SMILES string of the molecule is O=C(N/N=C\c1cc([N+](=O)[O-])ccc1O)c1nn(Cc2ccc(Cl)cc2)cc1Br. The summed E-state index contributed by atoms with van der Waals surface area (Å²) < 4.78 is 2.05. The van der Waals surface area contributed by atoms with Gasteiger partial charge in [0.15, 0.2) is 5.69 Å². The number of carbonyl (C=O) groups excluding carboxylic acids is 1. The molecule has 0 atom stereocenters. The quantitative estimate of drug-likeness (QED) is 0.317. The Bertz CT molecular complexity index is 1100. The van der Waals surface area contributed by atoms with Crippen molar-refractivity contribution >= 4 is 45.3 Å². The molecule has 0 bridgehead atoms. The summed E-state index contributed by atoms with van der Waals surface area (Å²) in [6, 6.07) is 10.7. The maximum atomic E-state index is 12.3. The summed E-state index contributed by atoms with van der Waals surface area (Å²) in [6.07, 6.45) is 2.76. The van der Waals surface area contributed by atoms with E-state index in [4.69, 9.17) is 11.6 Å². The maximum absolute atomic E-state index is 12.3. The number of benzene rings is 2. The number of hydrazone groups is 1. The van der Waals surface area contributed by atoms with Crippen molar-refractivity contribution in [3.8, 4) is 5.75 Å². The average molecular weight is 479 g/mol. The third-order valence-corrected chi connectivity index (χ3v) is 4.61. The molecular weight excluding hydrogens is 466 g/mol. The second-order valence-electron chi connectivity index (χ2n) is 5.85. The molecular formula is C18H13BrClN5O4. The Hall–Kier alpha value is -3.24. The Morgan fingerprint density at radius 2 is 2.07 bits per heavy atom. The molecule has 0 radical (unpaired) electrons. The van der Waals surface area contributed by atoms with Crippen molar-refractivity contribution in [1.29, 1.82) is 0 Å². The fourth-order valence-electron chi connectivity index (χ4n) is 2.38. The van der Waals surface area contributed by atoms with E-state index in [1.165, 1.54) is 6.07 Å². The number of hydrogen-bond acceptors (Lipinski definition) is 6. The number of nitrogens with one attached hydrogen (secondary N) is 1. The van der Waals surface area contributed by atoms with Crippen LogP contribution in [0.5, 0.6) is 5.75 Å². The number of phenolic OH excluding ortho intramolecular Hbond substituents is 1. The van der Waals surface area contributed by atoms with Crippen molar-refractivity contribution in [3.63, 3.8) is 0 Å². The lowest BCUT2D eigenvalue weighted by molar-refractivity contribution is -0.384. The fraction of sp³-hybridized carbons (Fsp3) is 0.0556. The summed E-state index contributed by atoms with van der Waals surface area (Å²) in [5.41, 5.74) is 3.22. The van der Waals surface area contributed by atoms with Crippen LogP contribution in [0.3, 0.4) is 0 Å². The highest BCUT2D eigenvalue weighted by atomic mass is 79.9. The van der Waals surface area contributed by atoms with Crippen LogP contribution in [0.4, 0.5) is 5.69 Å². The number of halogens is 2. The van der Waals surface area contributed by atoms with Crippen molar-refractivity contribution in [2.45, 2.75) is 6.54 Å². The van der Waals surface area contributed by atoms with Crippen LogP contribution in [0, 0.1) is 10.1 Å². The molecule has 0 saturated carbocycles. The van der Waals surface area contributed by atoms with Gasteiger partial charge in [0.2, 0.25) is 0 Å². The summed E-state index contributed by atoms with van der Waals surface area (Å²) in [7, 11) is 0. The molecule has 0 spiro atoms. The predicted molar refractivity (Wildman–Crippen MR) is 110 cm³/mol. The largest absolute Gasteiger partial charge is 0.507 e. The van der Waals surface area contributed by atoms with Crippen molar-refractivity contribution in [2.75, 3.05) is 0 Å². The van der Waals surface area contributed by atoms with Gasteiger partial charge in [-0.05, 0) is 39.7 Å². The van der Waals surface area contributed by atoms with E-state index in [9.17, 15) is 20.0 Å². The Kier molecular flexibility index (Phi) is 6.25. The smallest absolute Gasteiger partial charge is 0.293 e. The van der Waals surface area contributed by atoms with Gasteiger partial charge in [-0.3, -0.25) is 19.6 Å². The van der Waals surface area contributed by atoms with Crippen LogP contribution in [0.25, 0.3) is 0 Å². The summed E-state index contributed by atoms with van der Waals surface area (Å²) in [5, 5.41) is 29.1. The van der Waals surface area contributed by atoms with Gasteiger partial charge in [0.1, 0.15) is 5.75 Å². The van der Waals surface area contributed by atoms with Gasteiger partial charge in [-0.25, -0.2) is 5.43 Å². The third kappa shape index (κ3) is 5.18. The highest BCUT2D eigenvalue weighted by molar-refractivity contribution is 9.10. The fourth-order valence-corrected chi connectivity index (χ4v) is 3.00. The molecule has 0 unspecified atom stereocenters. The third-order valence-electron chi connectivity index (χ3n) is 3.78. The van der Waals surface area contributed by atoms with Gasteiger partial charge in [-0.2, -0.15) is 10.2 Å². The lowest BCUT2D eigenvalue weighted by Crippen LogP contribution is -2.19. The summed E-state index contributed by atoms with van der Waals surface area (Å²) >= 11 is 9.15. The number of nitro groups is 1. The topological polar surface area (TPSA) is 123 Å². The number of rotatable bonds is 6. The number of carbonyl (C=O) groups is 1. The molecule has 3 aromatic rings.